The number of Topliss-reactive ketones (excluding diaryl/α,β-unsaturated/α-hetero) is 1. The van der Waals surface area contributed by atoms with Crippen LogP contribution >= 0.6 is 0 Å². The first-order chi connectivity index (χ1) is 7.04. The summed E-state index contributed by atoms with van der Waals surface area (Å²) in [7, 11) is 0. The van der Waals surface area contributed by atoms with Crippen molar-refractivity contribution in [3.8, 4) is 0 Å². The Morgan fingerprint density at radius 1 is 1.53 bits per heavy atom. The second-order valence-corrected chi connectivity index (χ2v) is 3.64. The number of benzene rings is 1. The van der Waals surface area contributed by atoms with Crippen LogP contribution in [0, 0.1) is 12.7 Å². The topological polar surface area (TPSA) is 37.3 Å². The number of aliphatic hydroxyl groups excluding tert-OH is 1. The lowest BCUT2D eigenvalue weighted by Crippen LogP contribution is -2.21. The van der Waals surface area contributed by atoms with Gasteiger partial charge in [-0.3, -0.25) is 4.79 Å². The van der Waals surface area contributed by atoms with Crippen molar-refractivity contribution in [1.29, 1.82) is 0 Å². The van der Waals surface area contributed by atoms with Gasteiger partial charge in [0.05, 0.1) is 0 Å². The van der Waals surface area contributed by atoms with Gasteiger partial charge in [0.15, 0.2) is 5.78 Å². The molecule has 2 nitrogen and oxygen atoms in total. The summed E-state index contributed by atoms with van der Waals surface area (Å²) in [5, 5.41) is 9.31. The van der Waals surface area contributed by atoms with E-state index in [0.717, 1.165) is 11.1 Å². The lowest BCUT2D eigenvalue weighted by atomic mass is 10.00. The lowest BCUT2D eigenvalue weighted by Gasteiger charge is -2.08. The van der Waals surface area contributed by atoms with E-state index in [0.29, 0.717) is 6.42 Å². The van der Waals surface area contributed by atoms with Crippen molar-refractivity contribution in [2.75, 3.05) is 0 Å². The lowest BCUT2D eigenvalue weighted by molar-refractivity contribution is -0.126. The van der Waals surface area contributed by atoms with E-state index >= 15 is 0 Å². The molecule has 0 aliphatic rings. The Morgan fingerprint density at radius 2 is 2.20 bits per heavy atom. The van der Waals surface area contributed by atoms with Gasteiger partial charge in [0, 0.05) is 6.42 Å². The SMILES string of the molecule is CCC(O)C(=O)Cc1ccc(F)cc1C. The van der Waals surface area contributed by atoms with Gasteiger partial charge in [0.25, 0.3) is 0 Å². The van der Waals surface area contributed by atoms with Gasteiger partial charge in [-0.25, -0.2) is 4.39 Å². The highest BCUT2D eigenvalue weighted by Gasteiger charge is 2.14. The molecule has 0 amide bonds. The number of halogens is 1. The minimum Gasteiger partial charge on any atom is -0.385 e. The van der Waals surface area contributed by atoms with E-state index in [1.807, 2.05) is 0 Å². The number of carbonyl (C=O) groups excluding carboxylic acids is 1. The van der Waals surface area contributed by atoms with Crippen LogP contribution in [0.4, 0.5) is 4.39 Å². The minimum atomic E-state index is -0.908. The molecule has 0 aromatic heterocycles. The number of hydrogen-bond donors (Lipinski definition) is 1. The Labute approximate surface area is 88.7 Å². The van der Waals surface area contributed by atoms with E-state index in [1.54, 1.807) is 19.9 Å². The smallest absolute Gasteiger partial charge is 0.165 e. The van der Waals surface area contributed by atoms with Gasteiger partial charge in [-0.1, -0.05) is 13.0 Å². The van der Waals surface area contributed by atoms with Gasteiger partial charge in [0.1, 0.15) is 11.9 Å². The first kappa shape index (κ1) is 11.9. The third-order valence-electron chi connectivity index (χ3n) is 2.43. The van der Waals surface area contributed by atoms with Crippen molar-refractivity contribution < 1.29 is 14.3 Å². The summed E-state index contributed by atoms with van der Waals surface area (Å²) in [5.74, 6) is -0.521. The molecule has 15 heavy (non-hydrogen) atoms. The zero-order valence-corrected chi connectivity index (χ0v) is 8.96. The highest BCUT2D eigenvalue weighted by Crippen LogP contribution is 2.12. The van der Waals surface area contributed by atoms with Gasteiger partial charge >= 0.3 is 0 Å². The molecule has 0 aliphatic carbocycles. The van der Waals surface area contributed by atoms with Crippen LogP contribution in [0.15, 0.2) is 18.2 Å². The first-order valence-electron chi connectivity index (χ1n) is 5.00. The molecule has 3 heteroatoms. The summed E-state index contributed by atoms with van der Waals surface area (Å²) < 4.78 is 12.8. The number of aryl methyl sites for hydroxylation is 1. The van der Waals surface area contributed by atoms with Crippen molar-refractivity contribution in [2.45, 2.75) is 32.8 Å². The van der Waals surface area contributed by atoms with E-state index < -0.39 is 6.10 Å². The summed E-state index contributed by atoms with van der Waals surface area (Å²) in [4.78, 5) is 11.4. The number of aliphatic hydroxyl groups is 1. The average molecular weight is 210 g/mol. The molecule has 0 saturated heterocycles. The maximum absolute atomic E-state index is 12.8. The predicted molar refractivity (Wildman–Crippen MR) is 56.1 cm³/mol. The molecule has 1 aromatic carbocycles. The quantitative estimate of drug-likeness (QED) is 0.825. The zero-order chi connectivity index (χ0) is 11.4. The van der Waals surface area contributed by atoms with Crippen LogP contribution < -0.4 is 0 Å². The molecule has 1 aromatic rings. The molecule has 1 rings (SSSR count). The van der Waals surface area contributed by atoms with Gasteiger partial charge in [0.2, 0.25) is 0 Å². The van der Waals surface area contributed by atoms with Crippen LogP contribution in [0.3, 0.4) is 0 Å². The molecule has 0 fully saturated rings. The molecule has 0 spiro atoms. The number of carbonyl (C=O) groups is 1. The second kappa shape index (κ2) is 5.03. The molecule has 1 atom stereocenters. The third-order valence-corrected chi connectivity index (χ3v) is 2.43. The van der Waals surface area contributed by atoms with Crippen LogP contribution in [0.2, 0.25) is 0 Å². The number of ketones is 1. The largest absolute Gasteiger partial charge is 0.385 e. The van der Waals surface area contributed by atoms with Crippen LogP contribution in [-0.4, -0.2) is 17.0 Å². The van der Waals surface area contributed by atoms with Crippen molar-refractivity contribution in [3.63, 3.8) is 0 Å². The molecule has 1 N–H and O–H groups in total. The Kier molecular flexibility index (Phi) is 3.97. The van der Waals surface area contributed by atoms with Gasteiger partial charge in [-0.2, -0.15) is 0 Å². The summed E-state index contributed by atoms with van der Waals surface area (Å²) in [6.45, 7) is 3.50. The molecular weight excluding hydrogens is 195 g/mol. The minimum absolute atomic E-state index is 0.168. The standard InChI is InChI=1S/C12H15FO2/c1-3-11(14)12(15)7-9-4-5-10(13)6-8(9)2/h4-6,11,14H,3,7H2,1-2H3. The Balaban J connectivity index is 2.77. The highest BCUT2D eigenvalue weighted by atomic mass is 19.1. The van der Waals surface area contributed by atoms with Gasteiger partial charge < -0.3 is 5.11 Å². The molecular formula is C12H15FO2. The fourth-order valence-corrected chi connectivity index (χ4v) is 1.39. The Hall–Kier alpha value is -1.22. The number of rotatable bonds is 4. The van der Waals surface area contributed by atoms with E-state index in [-0.39, 0.29) is 18.0 Å². The molecule has 0 heterocycles. The second-order valence-electron chi connectivity index (χ2n) is 3.64. The first-order valence-corrected chi connectivity index (χ1v) is 5.00. The molecule has 0 aliphatic heterocycles. The van der Waals surface area contributed by atoms with Crippen molar-refractivity contribution >= 4 is 5.78 Å². The zero-order valence-electron chi connectivity index (χ0n) is 8.96. The van der Waals surface area contributed by atoms with Crippen molar-refractivity contribution in [2.24, 2.45) is 0 Å². The monoisotopic (exact) mass is 210 g/mol. The third kappa shape index (κ3) is 3.13. The molecule has 0 saturated carbocycles. The van der Waals surface area contributed by atoms with Gasteiger partial charge in [-0.05, 0) is 36.6 Å². The maximum Gasteiger partial charge on any atom is 0.165 e. The average Bonchev–Trinajstić information content (AvgIpc) is 2.20. The van der Waals surface area contributed by atoms with E-state index in [2.05, 4.69) is 0 Å². The van der Waals surface area contributed by atoms with E-state index in [9.17, 15) is 14.3 Å². The van der Waals surface area contributed by atoms with Crippen LogP contribution in [0.1, 0.15) is 24.5 Å². The summed E-state index contributed by atoms with van der Waals surface area (Å²) in [5.41, 5.74) is 1.51. The summed E-state index contributed by atoms with van der Waals surface area (Å²) in [6.07, 6.45) is -0.324. The molecule has 82 valence electrons. The molecule has 0 radical (unpaired) electrons. The summed E-state index contributed by atoms with van der Waals surface area (Å²) in [6, 6.07) is 4.31. The Morgan fingerprint density at radius 3 is 2.73 bits per heavy atom. The van der Waals surface area contributed by atoms with Crippen molar-refractivity contribution in [3.05, 3.63) is 35.1 Å². The van der Waals surface area contributed by atoms with Crippen LogP contribution in [-0.2, 0) is 11.2 Å². The fourth-order valence-electron chi connectivity index (χ4n) is 1.39. The molecule has 0 bridgehead atoms. The molecule has 1 unspecified atom stereocenters. The van der Waals surface area contributed by atoms with Crippen LogP contribution in [0.5, 0.6) is 0 Å². The fraction of sp³-hybridized carbons (Fsp3) is 0.417. The van der Waals surface area contributed by atoms with Gasteiger partial charge in [-0.15, -0.1) is 0 Å². The maximum atomic E-state index is 12.8. The van der Waals surface area contributed by atoms with E-state index in [4.69, 9.17) is 0 Å². The van der Waals surface area contributed by atoms with E-state index in [1.165, 1.54) is 12.1 Å². The van der Waals surface area contributed by atoms with Crippen molar-refractivity contribution in [1.82, 2.24) is 0 Å². The number of hydrogen-bond acceptors (Lipinski definition) is 2. The van der Waals surface area contributed by atoms with Crippen LogP contribution in [0.25, 0.3) is 0 Å². The normalized spacial score (nSPS) is 12.5. The Bertz CT molecular complexity index is 361. The highest BCUT2D eigenvalue weighted by molar-refractivity contribution is 5.85. The predicted octanol–water partition coefficient (Wildman–Crippen LogP) is 2.02. The summed E-state index contributed by atoms with van der Waals surface area (Å²) >= 11 is 0.